The van der Waals surface area contributed by atoms with E-state index >= 15 is 0 Å². The fourth-order valence-corrected chi connectivity index (χ4v) is 2.74. The lowest BCUT2D eigenvalue weighted by molar-refractivity contribution is -0.127. The molecule has 0 bridgehead atoms. The standard InChI is InChI=1S/C19H26N2O3/c1-4-21(3)18(15-9-6-5-7-10-15)19(23)20-14(2)13-16(22)17-11-8-12-24-17/h5-12,14,16,18,22H,4,13H2,1-3H3,(H,20,23). The number of furan rings is 1. The molecule has 0 aliphatic carbocycles. The maximum absolute atomic E-state index is 12.8. The second kappa shape index (κ2) is 8.66. The van der Waals surface area contributed by atoms with E-state index in [4.69, 9.17) is 4.42 Å². The van der Waals surface area contributed by atoms with Gasteiger partial charge in [0.1, 0.15) is 17.9 Å². The van der Waals surface area contributed by atoms with Gasteiger partial charge in [-0.1, -0.05) is 37.3 Å². The zero-order valence-corrected chi connectivity index (χ0v) is 14.5. The van der Waals surface area contributed by atoms with Gasteiger partial charge in [-0.3, -0.25) is 9.69 Å². The van der Waals surface area contributed by atoms with Crippen molar-refractivity contribution in [3.8, 4) is 0 Å². The zero-order chi connectivity index (χ0) is 17.5. The second-order valence-electron chi connectivity index (χ2n) is 6.06. The van der Waals surface area contributed by atoms with E-state index in [2.05, 4.69) is 5.32 Å². The minimum absolute atomic E-state index is 0.0651. The van der Waals surface area contributed by atoms with Crippen molar-refractivity contribution < 1.29 is 14.3 Å². The molecule has 2 rings (SSSR count). The molecule has 1 aromatic carbocycles. The average molecular weight is 330 g/mol. The van der Waals surface area contributed by atoms with Crippen LogP contribution in [0.2, 0.25) is 0 Å². The van der Waals surface area contributed by atoms with Crippen molar-refractivity contribution in [3.63, 3.8) is 0 Å². The molecule has 130 valence electrons. The number of hydrogen-bond acceptors (Lipinski definition) is 4. The van der Waals surface area contributed by atoms with Crippen molar-refractivity contribution in [2.75, 3.05) is 13.6 Å². The zero-order valence-electron chi connectivity index (χ0n) is 14.5. The SMILES string of the molecule is CCN(C)C(C(=O)NC(C)CC(O)c1ccco1)c1ccccc1. The number of aliphatic hydroxyl groups excluding tert-OH is 1. The van der Waals surface area contributed by atoms with Crippen LogP contribution in [0.3, 0.4) is 0 Å². The lowest BCUT2D eigenvalue weighted by atomic mass is 10.0. The first-order valence-corrected chi connectivity index (χ1v) is 8.30. The van der Waals surface area contributed by atoms with Gasteiger partial charge in [0.25, 0.3) is 0 Å². The van der Waals surface area contributed by atoms with Crippen molar-refractivity contribution in [2.45, 2.75) is 38.5 Å². The summed E-state index contributed by atoms with van der Waals surface area (Å²) < 4.78 is 5.20. The van der Waals surface area contributed by atoms with Crippen LogP contribution in [0.15, 0.2) is 53.1 Å². The molecule has 0 spiro atoms. The molecule has 1 aromatic heterocycles. The molecule has 1 heterocycles. The Morgan fingerprint density at radius 3 is 2.54 bits per heavy atom. The van der Waals surface area contributed by atoms with E-state index < -0.39 is 6.10 Å². The highest BCUT2D eigenvalue weighted by Gasteiger charge is 2.26. The largest absolute Gasteiger partial charge is 0.467 e. The minimum Gasteiger partial charge on any atom is -0.467 e. The van der Waals surface area contributed by atoms with E-state index in [1.165, 1.54) is 6.26 Å². The Morgan fingerprint density at radius 1 is 1.25 bits per heavy atom. The normalized spacial score (nSPS) is 15.0. The molecule has 1 amide bonds. The molecule has 0 saturated carbocycles. The van der Waals surface area contributed by atoms with E-state index in [9.17, 15) is 9.90 Å². The Kier molecular flexibility index (Phi) is 6.58. The molecule has 0 saturated heterocycles. The predicted molar refractivity (Wildman–Crippen MR) is 93.4 cm³/mol. The molecule has 2 N–H and O–H groups in total. The van der Waals surface area contributed by atoms with E-state index in [0.717, 1.165) is 12.1 Å². The Balaban J connectivity index is 2.02. The summed E-state index contributed by atoms with van der Waals surface area (Å²) in [6.45, 7) is 4.67. The molecule has 3 unspecified atom stereocenters. The van der Waals surface area contributed by atoms with Crippen LogP contribution >= 0.6 is 0 Å². The number of carbonyl (C=O) groups excluding carboxylic acids is 1. The molecule has 24 heavy (non-hydrogen) atoms. The fraction of sp³-hybridized carbons (Fsp3) is 0.421. The highest BCUT2D eigenvalue weighted by atomic mass is 16.4. The molecule has 0 aliphatic heterocycles. The third-order valence-electron chi connectivity index (χ3n) is 4.14. The first-order chi connectivity index (χ1) is 11.5. The van der Waals surface area contributed by atoms with Crippen LogP contribution in [-0.4, -0.2) is 35.5 Å². The Morgan fingerprint density at radius 2 is 1.96 bits per heavy atom. The van der Waals surface area contributed by atoms with Gasteiger partial charge in [0, 0.05) is 12.5 Å². The summed E-state index contributed by atoms with van der Waals surface area (Å²) in [6, 6.07) is 12.7. The number of benzene rings is 1. The van der Waals surface area contributed by atoms with Crippen molar-refractivity contribution in [1.29, 1.82) is 0 Å². The molecular formula is C19H26N2O3. The Hall–Kier alpha value is -2.11. The summed E-state index contributed by atoms with van der Waals surface area (Å²) >= 11 is 0. The Labute approximate surface area is 143 Å². The van der Waals surface area contributed by atoms with E-state index in [-0.39, 0.29) is 18.0 Å². The van der Waals surface area contributed by atoms with Crippen molar-refractivity contribution in [3.05, 3.63) is 60.1 Å². The van der Waals surface area contributed by atoms with Gasteiger partial charge in [-0.2, -0.15) is 0 Å². The molecule has 5 heteroatoms. The van der Waals surface area contributed by atoms with Crippen LogP contribution in [0.1, 0.15) is 43.7 Å². The first-order valence-electron chi connectivity index (χ1n) is 8.30. The van der Waals surface area contributed by atoms with Gasteiger partial charge in [-0.15, -0.1) is 0 Å². The van der Waals surface area contributed by atoms with Gasteiger partial charge in [0.2, 0.25) is 5.91 Å². The third-order valence-corrected chi connectivity index (χ3v) is 4.14. The van der Waals surface area contributed by atoms with Gasteiger partial charge < -0.3 is 14.8 Å². The molecule has 0 fully saturated rings. The lowest BCUT2D eigenvalue weighted by Gasteiger charge is -2.28. The number of carbonyl (C=O) groups is 1. The monoisotopic (exact) mass is 330 g/mol. The lowest BCUT2D eigenvalue weighted by Crippen LogP contribution is -2.42. The van der Waals surface area contributed by atoms with Crippen molar-refractivity contribution in [1.82, 2.24) is 10.2 Å². The van der Waals surface area contributed by atoms with Crippen LogP contribution in [0.5, 0.6) is 0 Å². The number of aliphatic hydroxyl groups is 1. The second-order valence-corrected chi connectivity index (χ2v) is 6.06. The van der Waals surface area contributed by atoms with Crippen LogP contribution in [-0.2, 0) is 4.79 Å². The number of likely N-dealkylation sites (N-methyl/N-ethyl adjacent to an activating group) is 1. The minimum atomic E-state index is -0.727. The van der Waals surface area contributed by atoms with Gasteiger partial charge in [-0.05, 0) is 38.2 Å². The van der Waals surface area contributed by atoms with Crippen molar-refractivity contribution >= 4 is 5.91 Å². The molecule has 5 nitrogen and oxygen atoms in total. The maximum Gasteiger partial charge on any atom is 0.242 e. The van der Waals surface area contributed by atoms with E-state index in [1.807, 2.05) is 56.1 Å². The highest BCUT2D eigenvalue weighted by Crippen LogP contribution is 2.21. The number of nitrogens with zero attached hydrogens (tertiary/aromatic N) is 1. The molecular weight excluding hydrogens is 304 g/mol. The fourth-order valence-electron chi connectivity index (χ4n) is 2.74. The Bertz CT molecular complexity index is 613. The van der Waals surface area contributed by atoms with E-state index in [0.29, 0.717) is 12.2 Å². The summed E-state index contributed by atoms with van der Waals surface area (Å²) in [5.74, 6) is 0.450. The number of amides is 1. The van der Waals surface area contributed by atoms with Gasteiger partial charge >= 0.3 is 0 Å². The van der Waals surface area contributed by atoms with Crippen molar-refractivity contribution in [2.24, 2.45) is 0 Å². The van der Waals surface area contributed by atoms with Crippen LogP contribution in [0.25, 0.3) is 0 Å². The summed E-state index contributed by atoms with van der Waals surface area (Å²) in [4.78, 5) is 14.8. The summed E-state index contributed by atoms with van der Waals surface area (Å²) in [6.07, 6.45) is 1.20. The highest BCUT2D eigenvalue weighted by molar-refractivity contribution is 5.83. The maximum atomic E-state index is 12.8. The number of hydrogen-bond donors (Lipinski definition) is 2. The van der Waals surface area contributed by atoms with Crippen LogP contribution in [0, 0.1) is 0 Å². The molecule has 0 aliphatic rings. The third kappa shape index (κ3) is 4.69. The smallest absolute Gasteiger partial charge is 0.242 e. The number of rotatable bonds is 8. The van der Waals surface area contributed by atoms with Gasteiger partial charge in [0.15, 0.2) is 0 Å². The quantitative estimate of drug-likeness (QED) is 0.781. The van der Waals surface area contributed by atoms with Crippen LogP contribution in [0.4, 0.5) is 0 Å². The molecule has 2 aromatic rings. The topological polar surface area (TPSA) is 65.7 Å². The first kappa shape index (κ1) is 18.2. The predicted octanol–water partition coefficient (Wildman–Crippen LogP) is 2.90. The average Bonchev–Trinajstić information content (AvgIpc) is 3.10. The summed E-state index contributed by atoms with van der Waals surface area (Å²) in [5, 5.41) is 13.2. The number of nitrogens with one attached hydrogen (secondary N) is 1. The van der Waals surface area contributed by atoms with Gasteiger partial charge in [0.05, 0.1) is 6.26 Å². The summed E-state index contributed by atoms with van der Waals surface area (Å²) in [5.41, 5.74) is 0.957. The van der Waals surface area contributed by atoms with E-state index in [1.54, 1.807) is 12.1 Å². The van der Waals surface area contributed by atoms with Gasteiger partial charge in [-0.25, -0.2) is 0 Å². The summed E-state index contributed by atoms with van der Waals surface area (Å²) in [7, 11) is 1.93. The molecule has 3 atom stereocenters. The molecule has 0 radical (unpaired) electrons. The van der Waals surface area contributed by atoms with Crippen LogP contribution < -0.4 is 5.32 Å².